The Balaban J connectivity index is 2.48. The number of fused-ring (bicyclic) bond motifs is 1. The van der Waals surface area contributed by atoms with E-state index < -0.39 is 5.82 Å². The molecule has 104 valence electrons. The molecule has 1 aromatic heterocycles. The molecule has 0 spiro atoms. The van der Waals surface area contributed by atoms with Gasteiger partial charge in [0.1, 0.15) is 11.6 Å². The summed E-state index contributed by atoms with van der Waals surface area (Å²) in [6, 6.07) is 3.04. The first-order valence-electron chi connectivity index (χ1n) is 6.43. The Hall–Kier alpha value is -0.800. The van der Waals surface area contributed by atoms with E-state index >= 15 is 0 Å². The first kappa shape index (κ1) is 14.6. The SMILES string of the molecule is CC(C)CCn1c(CCCl)nc2cc(F)c(Cl)cc21. The summed E-state index contributed by atoms with van der Waals surface area (Å²) in [4.78, 5) is 4.46. The standard InChI is InChI=1S/C14H17Cl2FN2/c1-9(2)4-6-19-13-7-10(16)11(17)8-12(13)18-14(19)3-5-15/h7-9H,3-6H2,1-2H3. The van der Waals surface area contributed by atoms with Crippen LogP contribution in [0.2, 0.25) is 5.02 Å². The number of imidazole rings is 1. The van der Waals surface area contributed by atoms with Crippen molar-refractivity contribution in [1.82, 2.24) is 9.55 Å². The molecule has 0 N–H and O–H groups in total. The Morgan fingerprint density at radius 3 is 2.74 bits per heavy atom. The Kier molecular flexibility index (Phi) is 4.69. The summed E-state index contributed by atoms with van der Waals surface area (Å²) in [7, 11) is 0. The summed E-state index contributed by atoms with van der Waals surface area (Å²) < 4.78 is 15.6. The zero-order chi connectivity index (χ0) is 14.0. The van der Waals surface area contributed by atoms with Crippen molar-refractivity contribution in [3.8, 4) is 0 Å². The lowest BCUT2D eigenvalue weighted by Gasteiger charge is -2.10. The van der Waals surface area contributed by atoms with E-state index in [4.69, 9.17) is 23.2 Å². The predicted octanol–water partition coefficient (Wildman–Crippen LogP) is 4.66. The van der Waals surface area contributed by atoms with Gasteiger partial charge in [-0.25, -0.2) is 9.37 Å². The number of halogens is 3. The molecule has 0 aliphatic rings. The first-order valence-corrected chi connectivity index (χ1v) is 7.34. The molecular formula is C14H17Cl2FN2. The molecular weight excluding hydrogens is 286 g/mol. The Morgan fingerprint density at radius 1 is 1.37 bits per heavy atom. The molecule has 2 aromatic rings. The van der Waals surface area contributed by atoms with Crippen LogP contribution in [-0.4, -0.2) is 15.4 Å². The molecule has 0 unspecified atom stereocenters. The van der Waals surface area contributed by atoms with E-state index in [1.54, 1.807) is 6.07 Å². The lowest BCUT2D eigenvalue weighted by atomic mass is 10.1. The second kappa shape index (κ2) is 6.10. The fourth-order valence-electron chi connectivity index (χ4n) is 2.08. The fourth-order valence-corrected chi connectivity index (χ4v) is 2.41. The molecule has 0 aliphatic heterocycles. The number of aromatic nitrogens is 2. The third-order valence-electron chi connectivity index (χ3n) is 3.12. The van der Waals surface area contributed by atoms with Crippen molar-refractivity contribution in [2.75, 3.05) is 5.88 Å². The third-order valence-corrected chi connectivity index (χ3v) is 3.60. The van der Waals surface area contributed by atoms with Crippen molar-refractivity contribution in [3.63, 3.8) is 0 Å². The predicted molar refractivity (Wildman–Crippen MR) is 78.6 cm³/mol. The van der Waals surface area contributed by atoms with Gasteiger partial charge in [-0.05, 0) is 18.4 Å². The van der Waals surface area contributed by atoms with Gasteiger partial charge in [0.25, 0.3) is 0 Å². The maximum absolute atomic E-state index is 13.5. The van der Waals surface area contributed by atoms with E-state index in [1.165, 1.54) is 6.07 Å². The van der Waals surface area contributed by atoms with E-state index in [-0.39, 0.29) is 5.02 Å². The topological polar surface area (TPSA) is 17.8 Å². The molecule has 0 aliphatic carbocycles. The molecule has 1 aromatic carbocycles. The quantitative estimate of drug-likeness (QED) is 0.735. The molecule has 0 bridgehead atoms. The molecule has 0 amide bonds. The molecule has 0 saturated heterocycles. The average molecular weight is 303 g/mol. The van der Waals surface area contributed by atoms with Gasteiger partial charge in [-0.15, -0.1) is 11.6 Å². The zero-order valence-corrected chi connectivity index (χ0v) is 12.6. The van der Waals surface area contributed by atoms with Crippen LogP contribution >= 0.6 is 23.2 Å². The van der Waals surface area contributed by atoms with Gasteiger partial charge in [-0.1, -0.05) is 25.4 Å². The van der Waals surface area contributed by atoms with Crippen LogP contribution in [0.25, 0.3) is 11.0 Å². The second-order valence-corrected chi connectivity index (χ2v) is 5.84. The van der Waals surface area contributed by atoms with Gasteiger partial charge in [0.05, 0.1) is 16.1 Å². The highest BCUT2D eigenvalue weighted by atomic mass is 35.5. The summed E-state index contributed by atoms with van der Waals surface area (Å²) in [6.07, 6.45) is 1.71. The highest BCUT2D eigenvalue weighted by molar-refractivity contribution is 6.31. The summed E-state index contributed by atoms with van der Waals surface area (Å²) in [5.74, 6) is 1.56. The monoisotopic (exact) mass is 302 g/mol. The summed E-state index contributed by atoms with van der Waals surface area (Å²) >= 11 is 11.7. The minimum atomic E-state index is -0.430. The summed E-state index contributed by atoms with van der Waals surface area (Å²) in [6.45, 7) is 5.20. The number of rotatable bonds is 5. The number of alkyl halides is 1. The number of hydrogen-bond donors (Lipinski definition) is 0. The minimum Gasteiger partial charge on any atom is -0.328 e. The van der Waals surface area contributed by atoms with E-state index in [0.717, 1.165) is 24.3 Å². The number of aryl methyl sites for hydroxylation is 2. The first-order chi connectivity index (χ1) is 9.02. The molecule has 0 saturated carbocycles. The van der Waals surface area contributed by atoms with E-state index in [1.807, 2.05) is 0 Å². The molecule has 2 nitrogen and oxygen atoms in total. The van der Waals surface area contributed by atoms with Crippen molar-refractivity contribution in [3.05, 3.63) is 28.8 Å². The van der Waals surface area contributed by atoms with Crippen LogP contribution in [0.15, 0.2) is 12.1 Å². The minimum absolute atomic E-state index is 0.135. The van der Waals surface area contributed by atoms with Crippen LogP contribution in [0.5, 0.6) is 0 Å². The van der Waals surface area contributed by atoms with E-state index in [2.05, 4.69) is 23.4 Å². The molecule has 5 heteroatoms. The van der Waals surface area contributed by atoms with Gasteiger partial charge >= 0.3 is 0 Å². The number of nitrogens with zero attached hydrogens (tertiary/aromatic N) is 2. The lowest BCUT2D eigenvalue weighted by molar-refractivity contribution is 0.513. The normalized spacial score (nSPS) is 11.7. The van der Waals surface area contributed by atoms with Crippen LogP contribution in [0, 0.1) is 11.7 Å². The van der Waals surface area contributed by atoms with Gasteiger partial charge < -0.3 is 4.57 Å². The van der Waals surface area contributed by atoms with E-state index in [9.17, 15) is 4.39 Å². The zero-order valence-electron chi connectivity index (χ0n) is 11.1. The highest BCUT2D eigenvalue weighted by Gasteiger charge is 2.13. The van der Waals surface area contributed by atoms with Gasteiger partial charge in [0.2, 0.25) is 0 Å². The van der Waals surface area contributed by atoms with Gasteiger partial charge in [0, 0.05) is 24.9 Å². The van der Waals surface area contributed by atoms with E-state index in [0.29, 0.717) is 23.7 Å². The van der Waals surface area contributed by atoms with Crippen molar-refractivity contribution in [2.45, 2.75) is 33.2 Å². The van der Waals surface area contributed by atoms with Gasteiger partial charge in [-0.2, -0.15) is 0 Å². The van der Waals surface area contributed by atoms with Crippen LogP contribution in [0.4, 0.5) is 4.39 Å². The molecule has 1 heterocycles. The van der Waals surface area contributed by atoms with Crippen LogP contribution < -0.4 is 0 Å². The maximum atomic E-state index is 13.5. The Labute approximate surface area is 122 Å². The van der Waals surface area contributed by atoms with Crippen molar-refractivity contribution >= 4 is 34.2 Å². The lowest BCUT2D eigenvalue weighted by Crippen LogP contribution is -2.07. The van der Waals surface area contributed by atoms with Crippen LogP contribution in [0.1, 0.15) is 26.1 Å². The summed E-state index contributed by atoms with van der Waals surface area (Å²) in [5, 5.41) is 0.135. The van der Waals surface area contributed by atoms with Crippen molar-refractivity contribution in [2.24, 2.45) is 5.92 Å². The van der Waals surface area contributed by atoms with Crippen LogP contribution in [0.3, 0.4) is 0 Å². The van der Waals surface area contributed by atoms with Crippen molar-refractivity contribution in [1.29, 1.82) is 0 Å². The molecule has 2 rings (SSSR count). The van der Waals surface area contributed by atoms with Gasteiger partial charge in [0.15, 0.2) is 0 Å². The molecule has 0 atom stereocenters. The highest BCUT2D eigenvalue weighted by Crippen LogP contribution is 2.25. The average Bonchev–Trinajstić information content (AvgIpc) is 2.65. The Morgan fingerprint density at radius 2 is 2.11 bits per heavy atom. The fraction of sp³-hybridized carbons (Fsp3) is 0.500. The second-order valence-electron chi connectivity index (χ2n) is 5.06. The van der Waals surface area contributed by atoms with Gasteiger partial charge in [-0.3, -0.25) is 0 Å². The molecule has 0 fully saturated rings. The smallest absolute Gasteiger partial charge is 0.144 e. The third kappa shape index (κ3) is 3.21. The van der Waals surface area contributed by atoms with Crippen LogP contribution in [-0.2, 0) is 13.0 Å². The number of hydrogen-bond acceptors (Lipinski definition) is 1. The number of benzene rings is 1. The summed E-state index contributed by atoms with van der Waals surface area (Å²) in [5.41, 5.74) is 1.53. The van der Waals surface area contributed by atoms with Crippen molar-refractivity contribution < 1.29 is 4.39 Å². The molecule has 0 radical (unpaired) electrons. The maximum Gasteiger partial charge on any atom is 0.144 e. The largest absolute Gasteiger partial charge is 0.328 e. The Bertz CT molecular complexity index is 578. The molecule has 19 heavy (non-hydrogen) atoms.